The molecule has 1 atom stereocenters. The number of hydrogen-bond donors (Lipinski definition) is 1. The minimum absolute atomic E-state index is 0.121. The van der Waals surface area contributed by atoms with Crippen molar-refractivity contribution in [3.8, 4) is 6.07 Å². The lowest BCUT2D eigenvalue weighted by Crippen LogP contribution is -2.36. The molecule has 2 aliphatic heterocycles. The molecule has 11 heteroatoms. The smallest absolute Gasteiger partial charge is 0.416 e. The van der Waals surface area contributed by atoms with Crippen molar-refractivity contribution in [1.29, 1.82) is 5.26 Å². The van der Waals surface area contributed by atoms with Crippen LogP contribution in [0.1, 0.15) is 36.6 Å². The van der Waals surface area contributed by atoms with Crippen LogP contribution in [0.2, 0.25) is 0 Å². The van der Waals surface area contributed by atoms with Gasteiger partial charge in [-0.15, -0.1) is 0 Å². The minimum Gasteiger partial charge on any atom is -0.463 e. The fraction of sp³-hybridized carbons (Fsp3) is 0.308. The third-order valence-electron chi connectivity index (χ3n) is 5.79. The monoisotopic (exact) mass is 527 g/mol. The van der Waals surface area contributed by atoms with Crippen molar-refractivity contribution >= 4 is 34.4 Å². The van der Waals surface area contributed by atoms with E-state index in [9.17, 15) is 23.2 Å². The number of thioether (sulfide) groups is 1. The summed E-state index contributed by atoms with van der Waals surface area (Å²) in [7, 11) is 0. The molecule has 0 saturated carbocycles. The van der Waals surface area contributed by atoms with Crippen LogP contribution in [0.5, 0.6) is 0 Å². The van der Waals surface area contributed by atoms with Crippen LogP contribution in [0.15, 0.2) is 69.8 Å². The van der Waals surface area contributed by atoms with Gasteiger partial charge in [0.25, 0.3) is 0 Å². The number of nitrogens with zero attached hydrogens (tertiary/aromatic N) is 4. The average molecular weight is 528 g/mol. The van der Waals surface area contributed by atoms with Gasteiger partial charge in [-0.05, 0) is 49.7 Å². The molecule has 0 aromatic heterocycles. The number of nitrogens with one attached hydrogen (secondary N) is 1. The molecule has 4 rings (SSSR count). The molecule has 1 N–H and O–H groups in total. The molecule has 0 spiro atoms. The molecular formula is C26H24F3N5O2S. The van der Waals surface area contributed by atoms with Crippen LogP contribution in [0.25, 0.3) is 0 Å². The number of halogens is 3. The van der Waals surface area contributed by atoms with Crippen LogP contribution in [-0.2, 0) is 15.7 Å². The van der Waals surface area contributed by atoms with E-state index in [1.54, 1.807) is 49.1 Å². The third-order valence-corrected chi connectivity index (χ3v) is 6.76. The van der Waals surface area contributed by atoms with Crippen molar-refractivity contribution in [2.75, 3.05) is 30.3 Å². The van der Waals surface area contributed by atoms with Crippen LogP contribution in [0.4, 0.5) is 18.9 Å². The lowest BCUT2D eigenvalue weighted by atomic mass is 9.95. The molecule has 2 heterocycles. The first-order chi connectivity index (χ1) is 17.7. The van der Waals surface area contributed by atoms with E-state index in [0.29, 0.717) is 34.3 Å². The molecule has 0 amide bonds. The van der Waals surface area contributed by atoms with Crippen molar-refractivity contribution in [3.05, 3.63) is 76.5 Å². The maximum atomic E-state index is 13.5. The topological polar surface area (TPSA) is 90.1 Å². The van der Waals surface area contributed by atoms with E-state index >= 15 is 0 Å². The second kappa shape index (κ2) is 11.1. The van der Waals surface area contributed by atoms with Crippen molar-refractivity contribution < 1.29 is 22.7 Å². The van der Waals surface area contributed by atoms with Crippen molar-refractivity contribution in [3.63, 3.8) is 0 Å². The average Bonchev–Trinajstić information content (AvgIpc) is 3.40. The van der Waals surface area contributed by atoms with Crippen LogP contribution in [-0.4, -0.2) is 42.4 Å². The zero-order chi connectivity index (χ0) is 26.6. The predicted octanol–water partition coefficient (Wildman–Crippen LogP) is 5.07. The fourth-order valence-corrected chi connectivity index (χ4v) is 5.06. The second-order valence-electron chi connectivity index (χ2n) is 8.19. The van der Waals surface area contributed by atoms with Crippen LogP contribution in [0, 0.1) is 11.3 Å². The van der Waals surface area contributed by atoms with E-state index in [-0.39, 0.29) is 17.9 Å². The Morgan fingerprint density at radius 3 is 2.65 bits per heavy atom. The summed E-state index contributed by atoms with van der Waals surface area (Å²) in [5.41, 5.74) is 1.14. The Balaban J connectivity index is 1.85. The highest BCUT2D eigenvalue weighted by molar-refractivity contribution is 8.14. The summed E-state index contributed by atoms with van der Waals surface area (Å²) >= 11 is 1.31. The summed E-state index contributed by atoms with van der Waals surface area (Å²) in [6.45, 7) is 4.84. The number of hydrogen-bond acceptors (Lipinski definition) is 8. The van der Waals surface area contributed by atoms with E-state index in [0.717, 1.165) is 24.5 Å². The molecule has 2 aromatic rings. The highest BCUT2D eigenvalue weighted by atomic mass is 32.2. The van der Waals surface area contributed by atoms with Crippen molar-refractivity contribution in [2.24, 2.45) is 9.98 Å². The van der Waals surface area contributed by atoms with Gasteiger partial charge in [0.2, 0.25) is 0 Å². The number of benzene rings is 2. The summed E-state index contributed by atoms with van der Waals surface area (Å²) in [4.78, 5) is 24.0. The normalized spacial score (nSPS) is 17.6. The van der Waals surface area contributed by atoms with E-state index in [2.05, 4.69) is 16.4 Å². The molecule has 0 fully saturated rings. The molecule has 2 aromatic carbocycles. The van der Waals surface area contributed by atoms with Gasteiger partial charge in [-0.1, -0.05) is 30.0 Å². The third kappa shape index (κ3) is 5.80. The van der Waals surface area contributed by atoms with Crippen LogP contribution >= 0.6 is 11.8 Å². The number of anilines is 1. The maximum absolute atomic E-state index is 13.5. The number of esters is 1. The van der Waals surface area contributed by atoms with Gasteiger partial charge < -0.3 is 10.1 Å². The number of amidine groups is 2. The maximum Gasteiger partial charge on any atom is 0.416 e. The van der Waals surface area contributed by atoms with Gasteiger partial charge in [0.1, 0.15) is 11.9 Å². The highest BCUT2D eigenvalue weighted by Gasteiger charge is 2.37. The Kier molecular flexibility index (Phi) is 7.88. The zero-order valence-electron chi connectivity index (χ0n) is 20.2. The number of carbonyl (C=O) groups is 1. The number of aliphatic imine (C=N–C) groups is 2. The van der Waals surface area contributed by atoms with Gasteiger partial charge in [-0.25, -0.2) is 9.79 Å². The Bertz CT molecular complexity index is 1310. The lowest BCUT2D eigenvalue weighted by Gasteiger charge is -2.35. The summed E-state index contributed by atoms with van der Waals surface area (Å²) in [5, 5.41) is 12.8. The van der Waals surface area contributed by atoms with Gasteiger partial charge in [0.15, 0.2) is 5.17 Å². The Morgan fingerprint density at radius 1 is 1.27 bits per heavy atom. The number of nitriles is 1. The van der Waals surface area contributed by atoms with Gasteiger partial charge in [0.05, 0.1) is 41.7 Å². The number of alkyl halides is 3. The Morgan fingerprint density at radius 2 is 2.03 bits per heavy atom. The van der Waals surface area contributed by atoms with E-state index in [4.69, 9.17) is 9.73 Å². The lowest BCUT2D eigenvalue weighted by molar-refractivity contribution is -0.139. The Hall–Kier alpha value is -3.78. The number of allylic oxidation sites excluding steroid dienone is 1. The minimum atomic E-state index is -4.54. The summed E-state index contributed by atoms with van der Waals surface area (Å²) in [6, 6.07) is 12.9. The zero-order valence-corrected chi connectivity index (χ0v) is 21.0. The van der Waals surface area contributed by atoms with E-state index in [1.165, 1.54) is 17.8 Å². The largest absolute Gasteiger partial charge is 0.463 e. The quantitative estimate of drug-likeness (QED) is 0.528. The fourth-order valence-electron chi connectivity index (χ4n) is 4.05. The van der Waals surface area contributed by atoms with Crippen molar-refractivity contribution in [2.45, 2.75) is 26.1 Å². The number of ether oxygens (including phenoxy) is 1. The highest BCUT2D eigenvalue weighted by Crippen LogP contribution is 2.40. The molecule has 2 aliphatic rings. The first kappa shape index (κ1) is 26.3. The second-order valence-corrected chi connectivity index (χ2v) is 9.14. The summed E-state index contributed by atoms with van der Waals surface area (Å²) < 4.78 is 46.0. The molecule has 0 saturated heterocycles. The molecule has 0 bridgehead atoms. The first-order valence-electron chi connectivity index (χ1n) is 11.6. The predicted molar refractivity (Wildman–Crippen MR) is 137 cm³/mol. The molecule has 37 heavy (non-hydrogen) atoms. The van der Waals surface area contributed by atoms with E-state index < -0.39 is 23.8 Å². The van der Waals surface area contributed by atoms with Gasteiger partial charge in [-0.3, -0.25) is 9.89 Å². The summed E-state index contributed by atoms with van der Waals surface area (Å²) in [6.07, 6.45) is -4.54. The molecule has 192 valence electrons. The van der Waals surface area contributed by atoms with Gasteiger partial charge in [-0.2, -0.15) is 18.4 Å². The van der Waals surface area contributed by atoms with Gasteiger partial charge >= 0.3 is 12.1 Å². The van der Waals surface area contributed by atoms with Crippen LogP contribution in [0.3, 0.4) is 0 Å². The molecule has 7 nitrogen and oxygen atoms in total. The van der Waals surface area contributed by atoms with Crippen LogP contribution < -0.4 is 10.2 Å². The first-order valence-corrected chi connectivity index (χ1v) is 12.5. The molecule has 1 unspecified atom stereocenters. The SMILES string of the molecule is CCOC(=O)C1=C(C)N(c2cccc(C(F)(F)F)c2)C(SCC2=NCCN2)=NC1c1ccc(C#N)cc1. The number of rotatable bonds is 6. The molecule has 0 aliphatic carbocycles. The Labute approximate surface area is 216 Å². The molecular weight excluding hydrogens is 503 g/mol. The number of carbonyl (C=O) groups excluding carboxylic acids is 1. The van der Waals surface area contributed by atoms with Crippen molar-refractivity contribution in [1.82, 2.24) is 5.32 Å². The molecule has 0 radical (unpaired) electrons. The summed E-state index contributed by atoms with van der Waals surface area (Å²) in [5.74, 6) is 0.585. The van der Waals surface area contributed by atoms with Gasteiger partial charge in [0, 0.05) is 17.9 Å². The standard InChI is InChI=1S/C26H24F3N5O2S/c1-3-36-24(35)22-16(2)34(20-6-4-5-19(13-20)26(27,28)29)25(37-15-21-31-11-12-32-21)33-23(22)18-9-7-17(14-30)8-10-18/h4-10,13,23H,3,11-12,15H2,1-2H3,(H,31,32). The van der Waals surface area contributed by atoms with E-state index in [1.807, 2.05) is 0 Å².